The Bertz CT molecular complexity index is 538. The standard InChI is InChI=1S/C19H23S/c1-16(18-9-5-4-6-10-18)19-13-11-17(12-14-19)8-7-15-20(2)3/h4-6,9-14H,1,7-8,15H2,2-3H3/q+1. The van der Waals surface area contributed by atoms with Crippen molar-refractivity contribution in [3.8, 4) is 0 Å². The zero-order valence-corrected chi connectivity index (χ0v) is 13.2. The molecule has 0 spiro atoms. The van der Waals surface area contributed by atoms with Crippen LogP contribution in [0.25, 0.3) is 5.57 Å². The van der Waals surface area contributed by atoms with Crippen LogP contribution in [0, 0.1) is 0 Å². The van der Waals surface area contributed by atoms with Crippen LogP contribution >= 0.6 is 0 Å². The van der Waals surface area contributed by atoms with Crippen LogP contribution in [-0.4, -0.2) is 18.3 Å². The van der Waals surface area contributed by atoms with E-state index in [0.29, 0.717) is 10.9 Å². The third-order valence-corrected chi connectivity index (χ3v) is 4.55. The Hall–Kier alpha value is -1.47. The predicted octanol–water partition coefficient (Wildman–Crippen LogP) is 4.56. The van der Waals surface area contributed by atoms with Gasteiger partial charge in [0, 0.05) is 0 Å². The minimum absolute atomic E-state index is 0.560. The first-order chi connectivity index (χ1) is 9.66. The van der Waals surface area contributed by atoms with E-state index in [0.717, 1.165) is 5.57 Å². The van der Waals surface area contributed by atoms with E-state index in [9.17, 15) is 0 Å². The van der Waals surface area contributed by atoms with E-state index >= 15 is 0 Å². The lowest BCUT2D eigenvalue weighted by molar-refractivity contribution is 0.931. The Morgan fingerprint density at radius 3 is 2.10 bits per heavy atom. The maximum absolute atomic E-state index is 4.21. The van der Waals surface area contributed by atoms with Gasteiger partial charge in [0.2, 0.25) is 0 Å². The van der Waals surface area contributed by atoms with Crippen LogP contribution in [-0.2, 0) is 17.3 Å². The molecule has 0 aliphatic rings. The van der Waals surface area contributed by atoms with Gasteiger partial charge in [-0.05, 0) is 46.0 Å². The number of hydrogen-bond acceptors (Lipinski definition) is 0. The van der Waals surface area contributed by atoms with Gasteiger partial charge in [0.25, 0.3) is 0 Å². The van der Waals surface area contributed by atoms with Gasteiger partial charge in [-0.2, -0.15) is 0 Å². The van der Waals surface area contributed by atoms with Gasteiger partial charge in [-0.25, -0.2) is 0 Å². The van der Waals surface area contributed by atoms with E-state index in [1.807, 2.05) is 6.07 Å². The molecule has 0 bridgehead atoms. The highest BCUT2D eigenvalue weighted by Gasteiger charge is 2.04. The van der Waals surface area contributed by atoms with Crippen LogP contribution in [0.3, 0.4) is 0 Å². The van der Waals surface area contributed by atoms with Crippen molar-refractivity contribution in [2.75, 3.05) is 18.3 Å². The van der Waals surface area contributed by atoms with Crippen molar-refractivity contribution in [2.24, 2.45) is 0 Å². The highest BCUT2D eigenvalue weighted by Crippen LogP contribution is 2.21. The van der Waals surface area contributed by atoms with Gasteiger partial charge in [-0.15, -0.1) is 0 Å². The fourth-order valence-electron chi connectivity index (χ4n) is 2.24. The second-order valence-corrected chi connectivity index (χ2v) is 7.71. The van der Waals surface area contributed by atoms with E-state index < -0.39 is 0 Å². The van der Waals surface area contributed by atoms with Crippen molar-refractivity contribution in [2.45, 2.75) is 12.8 Å². The second-order valence-electron chi connectivity index (χ2n) is 5.33. The zero-order chi connectivity index (χ0) is 14.4. The summed E-state index contributed by atoms with van der Waals surface area (Å²) in [5.74, 6) is 1.33. The first-order valence-electron chi connectivity index (χ1n) is 7.04. The molecule has 2 rings (SSSR count). The smallest absolute Gasteiger partial charge is 0.0906 e. The van der Waals surface area contributed by atoms with Crippen LogP contribution < -0.4 is 0 Å². The number of aryl methyl sites for hydroxylation is 1. The summed E-state index contributed by atoms with van der Waals surface area (Å²) in [6.07, 6.45) is 7.10. The summed E-state index contributed by atoms with van der Waals surface area (Å²) in [4.78, 5) is 0. The molecule has 20 heavy (non-hydrogen) atoms. The summed E-state index contributed by atoms with van der Waals surface area (Å²) in [7, 11) is 0.560. The van der Waals surface area contributed by atoms with Crippen molar-refractivity contribution in [1.82, 2.24) is 0 Å². The Kier molecular flexibility index (Phi) is 5.49. The predicted molar refractivity (Wildman–Crippen MR) is 93.4 cm³/mol. The average Bonchev–Trinajstić information content (AvgIpc) is 2.48. The van der Waals surface area contributed by atoms with E-state index in [-0.39, 0.29) is 0 Å². The van der Waals surface area contributed by atoms with Crippen molar-refractivity contribution < 1.29 is 0 Å². The molecule has 1 heteroatoms. The first-order valence-corrected chi connectivity index (χ1v) is 9.25. The molecule has 0 heterocycles. The molecular formula is C19H23S+. The summed E-state index contributed by atoms with van der Waals surface area (Å²) >= 11 is 0. The summed E-state index contributed by atoms with van der Waals surface area (Å²) < 4.78 is 0. The molecule has 0 aliphatic heterocycles. The van der Waals surface area contributed by atoms with Crippen LogP contribution in [0.15, 0.2) is 61.2 Å². The molecule has 0 unspecified atom stereocenters. The quantitative estimate of drug-likeness (QED) is 0.682. The van der Waals surface area contributed by atoms with Crippen LogP contribution in [0.5, 0.6) is 0 Å². The van der Waals surface area contributed by atoms with Crippen molar-refractivity contribution in [1.29, 1.82) is 0 Å². The van der Waals surface area contributed by atoms with Crippen molar-refractivity contribution >= 4 is 16.5 Å². The second kappa shape index (κ2) is 7.35. The van der Waals surface area contributed by atoms with Gasteiger partial charge in [0.05, 0.1) is 12.5 Å². The van der Waals surface area contributed by atoms with Crippen LogP contribution in [0.2, 0.25) is 0 Å². The monoisotopic (exact) mass is 283 g/mol. The van der Waals surface area contributed by atoms with Gasteiger partial charge in [0.1, 0.15) is 5.75 Å². The average molecular weight is 283 g/mol. The van der Waals surface area contributed by atoms with E-state index in [1.54, 1.807) is 0 Å². The maximum Gasteiger partial charge on any atom is 0.107 e. The first kappa shape index (κ1) is 14.9. The van der Waals surface area contributed by atoms with Gasteiger partial charge in [0.15, 0.2) is 0 Å². The third-order valence-electron chi connectivity index (χ3n) is 3.44. The molecule has 0 saturated carbocycles. The Balaban J connectivity index is 1.99. The normalized spacial score (nSPS) is 10.8. The molecule has 0 radical (unpaired) electrons. The molecule has 0 fully saturated rings. The van der Waals surface area contributed by atoms with Gasteiger partial charge < -0.3 is 0 Å². The summed E-state index contributed by atoms with van der Waals surface area (Å²) in [5, 5.41) is 0. The third kappa shape index (κ3) is 4.28. The van der Waals surface area contributed by atoms with E-state index in [4.69, 9.17) is 0 Å². The van der Waals surface area contributed by atoms with Crippen molar-refractivity contribution in [3.05, 3.63) is 77.9 Å². The molecule has 0 aromatic heterocycles. The molecular weight excluding hydrogens is 260 g/mol. The summed E-state index contributed by atoms with van der Waals surface area (Å²) in [5.41, 5.74) is 4.94. The fraction of sp³-hybridized carbons (Fsp3) is 0.263. The van der Waals surface area contributed by atoms with E-state index in [1.165, 1.54) is 35.3 Å². The molecule has 2 aromatic carbocycles. The minimum atomic E-state index is 0.560. The molecule has 0 atom stereocenters. The van der Waals surface area contributed by atoms with Gasteiger partial charge in [-0.3, -0.25) is 0 Å². The highest BCUT2D eigenvalue weighted by atomic mass is 32.2. The molecule has 0 aliphatic carbocycles. The van der Waals surface area contributed by atoms with Gasteiger partial charge >= 0.3 is 0 Å². The molecule has 0 amide bonds. The highest BCUT2D eigenvalue weighted by molar-refractivity contribution is 7.95. The van der Waals surface area contributed by atoms with Crippen LogP contribution in [0.1, 0.15) is 23.1 Å². The fourth-order valence-corrected chi connectivity index (χ4v) is 2.97. The largest absolute Gasteiger partial charge is 0.107 e. The lowest BCUT2D eigenvalue weighted by Crippen LogP contribution is -2.02. The number of benzene rings is 2. The lowest BCUT2D eigenvalue weighted by atomic mass is 9.98. The molecule has 0 N–H and O–H groups in total. The van der Waals surface area contributed by atoms with Crippen LogP contribution in [0.4, 0.5) is 0 Å². The maximum atomic E-state index is 4.21. The zero-order valence-electron chi connectivity index (χ0n) is 12.4. The Labute approximate surface area is 125 Å². The molecule has 0 nitrogen and oxygen atoms in total. The minimum Gasteiger partial charge on any atom is -0.0906 e. The Morgan fingerprint density at radius 1 is 0.900 bits per heavy atom. The number of hydrogen-bond donors (Lipinski definition) is 0. The summed E-state index contributed by atoms with van der Waals surface area (Å²) in [6.45, 7) is 4.21. The summed E-state index contributed by atoms with van der Waals surface area (Å²) in [6, 6.07) is 19.3. The van der Waals surface area contributed by atoms with Crippen molar-refractivity contribution in [3.63, 3.8) is 0 Å². The Morgan fingerprint density at radius 2 is 1.50 bits per heavy atom. The number of rotatable bonds is 6. The lowest BCUT2D eigenvalue weighted by Gasteiger charge is -2.07. The SMILES string of the molecule is C=C(c1ccccc1)c1ccc(CCC[S+](C)C)cc1. The van der Waals surface area contributed by atoms with Gasteiger partial charge in [-0.1, -0.05) is 61.2 Å². The molecule has 2 aromatic rings. The van der Waals surface area contributed by atoms with E-state index in [2.05, 4.69) is 67.6 Å². The molecule has 104 valence electrons. The molecule has 0 saturated heterocycles. The topological polar surface area (TPSA) is 0 Å².